The van der Waals surface area contributed by atoms with Gasteiger partial charge in [0.25, 0.3) is 0 Å². The molecule has 0 N–H and O–H groups in total. The van der Waals surface area contributed by atoms with Gasteiger partial charge in [0.2, 0.25) is 0 Å². The summed E-state index contributed by atoms with van der Waals surface area (Å²) >= 11 is 0. The zero-order valence-electron chi connectivity index (χ0n) is 15.3. The highest BCUT2D eigenvalue weighted by atomic mass is 19.4. The highest BCUT2D eigenvalue weighted by Gasteiger charge is 2.39. The number of halogens is 5. The maximum Gasteiger partial charge on any atom is 0.588 e. The fourth-order valence-corrected chi connectivity index (χ4v) is 2.46. The summed E-state index contributed by atoms with van der Waals surface area (Å²) in [5.41, 5.74) is 0.767. The quantitative estimate of drug-likeness (QED) is 0.162. The molecule has 0 fully saturated rings. The van der Waals surface area contributed by atoms with Gasteiger partial charge in [0.15, 0.2) is 0 Å². The van der Waals surface area contributed by atoms with Crippen molar-refractivity contribution < 1.29 is 36.2 Å². The van der Waals surface area contributed by atoms with Crippen LogP contribution in [0.25, 0.3) is 5.57 Å². The summed E-state index contributed by atoms with van der Waals surface area (Å²) in [7, 11) is 0. The lowest BCUT2D eigenvalue weighted by atomic mass is 10.1. The van der Waals surface area contributed by atoms with Crippen LogP contribution in [0.5, 0.6) is 5.75 Å². The van der Waals surface area contributed by atoms with Crippen LogP contribution >= 0.6 is 0 Å². The number of unbranched alkanes of at least 4 members (excludes halogenated alkanes) is 1. The number of hydrogen-bond acceptors (Lipinski definition) is 3. The minimum absolute atomic E-state index is 0.0128. The van der Waals surface area contributed by atoms with E-state index in [9.17, 15) is 26.7 Å². The third kappa shape index (κ3) is 7.93. The highest BCUT2D eigenvalue weighted by Crippen LogP contribution is 2.27. The number of ether oxygens (including phenoxy) is 2. The molecule has 156 valence electrons. The molecule has 2 aromatic carbocycles. The van der Waals surface area contributed by atoms with E-state index in [1.807, 2.05) is 0 Å². The molecule has 0 bridgehead atoms. The van der Waals surface area contributed by atoms with Gasteiger partial charge in [-0.1, -0.05) is 49.0 Å². The van der Waals surface area contributed by atoms with E-state index in [2.05, 4.69) is 16.1 Å². The summed E-state index contributed by atoms with van der Waals surface area (Å²) < 4.78 is 72.6. The average molecular weight is 414 g/mol. The molecule has 0 saturated heterocycles. The SMILES string of the molecule is C=C(C(=O)OC(F)(F)Oc1ccc(CCCCC(F)(F)F)cc1)c1ccccc1. The van der Waals surface area contributed by atoms with Gasteiger partial charge in [-0.2, -0.15) is 13.2 Å². The van der Waals surface area contributed by atoms with Crippen LogP contribution in [0, 0.1) is 0 Å². The van der Waals surface area contributed by atoms with Gasteiger partial charge in [-0.25, -0.2) is 4.79 Å². The van der Waals surface area contributed by atoms with Crippen molar-refractivity contribution in [2.24, 2.45) is 0 Å². The molecule has 29 heavy (non-hydrogen) atoms. The first-order valence-electron chi connectivity index (χ1n) is 8.76. The van der Waals surface area contributed by atoms with Gasteiger partial charge in [-0.05, 0) is 42.5 Å². The van der Waals surface area contributed by atoms with E-state index in [0.717, 1.165) is 0 Å². The van der Waals surface area contributed by atoms with Crippen LogP contribution in [0.15, 0.2) is 61.2 Å². The van der Waals surface area contributed by atoms with Gasteiger partial charge in [-0.3, -0.25) is 0 Å². The molecule has 0 aliphatic heterocycles. The van der Waals surface area contributed by atoms with Crippen LogP contribution < -0.4 is 4.74 Å². The number of alkyl halides is 5. The van der Waals surface area contributed by atoms with E-state index in [-0.39, 0.29) is 17.7 Å². The molecule has 0 unspecified atom stereocenters. The third-order valence-electron chi connectivity index (χ3n) is 3.92. The van der Waals surface area contributed by atoms with E-state index in [4.69, 9.17) is 0 Å². The Morgan fingerprint density at radius 1 is 0.897 bits per heavy atom. The van der Waals surface area contributed by atoms with Crippen molar-refractivity contribution in [2.75, 3.05) is 0 Å². The standard InChI is InChI=1S/C21H19F5O3/c1-15(17-8-3-2-4-9-17)19(27)29-21(25,26)28-18-12-10-16(11-13-18)7-5-6-14-20(22,23)24/h2-4,8-13H,1,5-7,14H2. The molecule has 0 saturated carbocycles. The van der Waals surface area contributed by atoms with E-state index in [1.54, 1.807) is 18.2 Å². The van der Waals surface area contributed by atoms with Crippen LogP contribution in [0.2, 0.25) is 0 Å². The van der Waals surface area contributed by atoms with Crippen molar-refractivity contribution in [1.29, 1.82) is 0 Å². The highest BCUT2D eigenvalue weighted by molar-refractivity contribution is 6.15. The Morgan fingerprint density at radius 2 is 1.52 bits per heavy atom. The molecule has 2 aromatic rings. The maximum atomic E-state index is 13.9. The molecule has 0 aromatic heterocycles. The zero-order valence-corrected chi connectivity index (χ0v) is 15.3. The fourth-order valence-electron chi connectivity index (χ4n) is 2.46. The number of esters is 1. The summed E-state index contributed by atoms with van der Waals surface area (Å²) in [4.78, 5) is 11.9. The first-order valence-corrected chi connectivity index (χ1v) is 8.76. The molecule has 0 aliphatic rings. The van der Waals surface area contributed by atoms with Crippen molar-refractivity contribution in [3.63, 3.8) is 0 Å². The second kappa shape index (κ2) is 9.54. The zero-order chi connectivity index (χ0) is 21.5. The molecule has 0 spiro atoms. The minimum atomic E-state index is -4.22. The number of aryl methyl sites for hydroxylation is 1. The van der Waals surface area contributed by atoms with Gasteiger partial charge in [0, 0.05) is 6.42 Å². The molecule has 0 amide bonds. The summed E-state index contributed by atoms with van der Waals surface area (Å²) in [5, 5.41) is 0. The second-order valence-electron chi connectivity index (χ2n) is 6.27. The average Bonchev–Trinajstić information content (AvgIpc) is 2.65. The number of carbonyl (C=O) groups is 1. The van der Waals surface area contributed by atoms with E-state index >= 15 is 0 Å². The Labute approximate surface area is 164 Å². The number of rotatable bonds is 9. The molecular formula is C21H19F5O3. The monoisotopic (exact) mass is 414 g/mol. The lowest BCUT2D eigenvalue weighted by Gasteiger charge is -2.18. The normalized spacial score (nSPS) is 11.8. The molecule has 8 heteroatoms. The minimum Gasteiger partial charge on any atom is -0.399 e. The van der Waals surface area contributed by atoms with Crippen molar-refractivity contribution >= 4 is 11.5 Å². The largest absolute Gasteiger partial charge is 0.588 e. The van der Waals surface area contributed by atoms with E-state index in [1.165, 1.54) is 36.4 Å². The lowest BCUT2D eigenvalue weighted by molar-refractivity contribution is -0.331. The van der Waals surface area contributed by atoms with Gasteiger partial charge in [0.05, 0.1) is 5.57 Å². The molecule has 2 rings (SSSR count). The van der Waals surface area contributed by atoms with Gasteiger partial charge in [-0.15, -0.1) is 8.78 Å². The molecule has 0 atom stereocenters. The number of benzene rings is 2. The summed E-state index contributed by atoms with van der Waals surface area (Å²) in [6.45, 7) is 3.44. The number of carbonyl (C=O) groups excluding carboxylic acids is 1. The van der Waals surface area contributed by atoms with E-state index < -0.39 is 24.9 Å². The molecular weight excluding hydrogens is 395 g/mol. The second-order valence-corrected chi connectivity index (χ2v) is 6.27. The predicted octanol–water partition coefficient (Wildman–Crippen LogP) is 6.15. The maximum absolute atomic E-state index is 13.9. The topological polar surface area (TPSA) is 35.5 Å². The van der Waals surface area contributed by atoms with Crippen LogP contribution in [0.1, 0.15) is 30.4 Å². The van der Waals surface area contributed by atoms with Gasteiger partial charge >= 0.3 is 18.4 Å². The van der Waals surface area contributed by atoms with Crippen molar-refractivity contribution in [3.05, 3.63) is 72.3 Å². The van der Waals surface area contributed by atoms with Crippen LogP contribution in [0.3, 0.4) is 0 Å². The van der Waals surface area contributed by atoms with Crippen LogP contribution in [-0.2, 0) is 16.0 Å². The Bertz CT molecular complexity index is 814. The first-order chi connectivity index (χ1) is 13.6. The lowest BCUT2D eigenvalue weighted by Crippen LogP contribution is -2.31. The van der Waals surface area contributed by atoms with Crippen LogP contribution in [-0.4, -0.2) is 18.4 Å². The Hall–Kier alpha value is -2.90. The molecule has 0 aliphatic carbocycles. The van der Waals surface area contributed by atoms with Gasteiger partial charge < -0.3 is 9.47 Å². The molecule has 3 nitrogen and oxygen atoms in total. The third-order valence-corrected chi connectivity index (χ3v) is 3.92. The predicted molar refractivity (Wildman–Crippen MR) is 97.2 cm³/mol. The Balaban J connectivity index is 1.86. The van der Waals surface area contributed by atoms with Crippen LogP contribution in [0.4, 0.5) is 22.0 Å². The smallest absolute Gasteiger partial charge is 0.399 e. The first kappa shape index (κ1) is 22.4. The van der Waals surface area contributed by atoms with Crippen molar-refractivity contribution in [2.45, 2.75) is 38.2 Å². The summed E-state index contributed by atoms with van der Waals surface area (Å²) in [6.07, 6.45) is -8.59. The Kier molecular flexibility index (Phi) is 7.36. The summed E-state index contributed by atoms with van der Waals surface area (Å²) in [5.74, 6) is -1.59. The molecule has 0 radical (unpaired) electrons. The Morgan fingerprint density at radius 3 is 2.10 bits per heavy atom. The van der Waals surface area contributed by atoms with Crippen molar-refractivity contribution in [1.82, 2.24) is 0 Å². The summed E-state index contributed by atoms with van der Waals surface area (Å²) in [6, 6.07) is 13.4. The van der Waals surface area contributed by atoms with Crippen molar-refractivity contribution in [3.8, 4) is 5.75 Å². The van der Waals surface area contributed by atoms with E-state index in [0.29, 0.717) is 24.0 Å². The number of hydrogen-bond donors (Lipinski definition) is 0. The van der Waals surface area contributed by atoms with Gasteiger partial charge in [0.1, 0.15) is 5.75 Å². The fraction of sp³-hybridized carbons (Fsp3) is 0.286. The molecule has 0 heterocycles.